The zero-order valence-corrected chi connectivity index (χ0v) is 12.9. The van der Waals surface area contributed by atoms with Crippen LogP contribution in [-0.4, -0.2) is 20.3 Å². The smallest absolute Gasteiger partial charge is 0.0661 e. The fourth-order valence-corrected chi connectivity index (χ4v) is 2.13. The molecule has 0 saturated carbocycles. The molecule has 1 aromatic carbocycles. The van der Waals surface area contributed by atoms with Crippen molar-refractivity contribution in [3.8, 4) is 0 Å². The molecule has 108 valence electrons. The van der Waals surface area contributed by atoms with Gasteiger partial charge in [0.15, 0.2) is 0 Å². The third kappa shape index (κ3) is 6.22. The van der Waals surface area contributed by atoms with Gasteiger partial charge in [-0.2, -0.15) is 0 Å². The van der Waals surface area contributed by atoms with Gasteiger partial charge in [-0.25, -0.2) is 0 Å². The molecule has 2 heteroatoms. The standard InChI is InChI=1S/C17H29NO/c1-5-15-8-10-16(11-9-15)17(18-4)13-19-12-6-7-14(2)3/h8-11,14,17-18H,5-7,12-13H2,1-4H3. The van der Waals surface area contributed by atoms with Crippen LogP contribution in [0.1, 0.15) is 50.8 Å². The molecule has 0 aromatic heterocycles. The van der Waals surface area contributed by atoms with Crippen molar-refractivity contribution in [3.05, 3.63) is 35.4 Å². The van der Waals surface area contributed by atoms with Crippen LogP contribution in [0.2, 0.25) is 0 Å². The third-order valence-electron chi connectivity index (χ3n) is 3.49. The molecule has 0 bridgehead atoms. The molecule has 0 saturated heterocycles. The van der Waals surface area contributed by atoms with E-state index in [2.05, 4.69) is 50.4 Å². The number of benzene rings is 1. The molecule has 2 nitrogen and oxygen atoms in total. The number of hydrogen-bond acceptors (Lipinski definition) is 2. The first-order valence-electron chi connectivity index (χ1n) is 7.51. The van der Waals surface area contributed by atoms with Gasteiger partial charge in [0.2, 0.25) is 0 Å². The Morgan fingerprint density at radius 1 is 1.16 bits per heavy atom. The van der Waals surface area contributed by atoms with Crippen LogP contribution in [0.15, 0.2) is 24.3 Å². The average Bonchev–Trinajstić information content (AvgIpc) is 2.43. The van der Waals surface area contributed by atoms with E-state index in [1.54, 1.807) is 0 Å². The monoisotopic (exact) mass is 263 g/mol. The van der Waals surface area contributed by atoms with Gasteiger partial charge in [-0.05, 0) is 43.4 Å². The highest BCUT2D eigenvalue weighted by Crippen LogP contribution is 2.15. The highest BCUT2D eigenvalue weighted by Gasteiger charge is 2.09. The lowest BCUT2D eigenvalue weighted by Gasteiger charge is -2.17. The highest BCUT2D eigenvalue weighted by atomic mass is 16.5. The summed E-state index contributed by atoms with van der Waals surface area (Å²) in [6.07, 6.45) is 3.49. The summed E-state index contributed by atoms with van der Waals surface area (Å²) in [6, 6.07) is 9.12. The maximum absolute atomic E-state index is 5.79. The number of rotatable bonds is 9. The first kappa shape index (κ1) is 16.2. The van der Waals surface area contributed by atoms with Crippen LogP contribution in [0, 0.1) is 5.92 Å². The fourth-order valence-electron chi connectivity index (χ4n) is 2.13. The van der Waals surface area contributed by atoms with E-state index in [0.29, 0.717) is 6.04 Å². The van der Waals surface area contributed by atoms with Crippen LogP contribution >= 0.6 is 0 Å². The van der Waals surface area contributed by atoms with E-state index in [4.69, 9.17) is 4.74 Å². The Bertz CT molecular complexity index is 332. The van der Waals surface area contributed by atoms with Crippen molar-refractivity contribution in [2.24, 2.45) is 5.92 Å². The maximum atomic E-state index is 5.79. The van der Waals surface area contributed by atoms with Crippen molar-refractivity contribution in [2.75, 3.05) is 20.3 Å². The Hall–Kier alpha value is -0.860. The molecular weight excluding hydrogens is 234 g/mol. The van der Waals surface area contributed by atoms with Gasteiger partial charge >= 0.3 is 0 Å². The molecule has 0 aliphatic carbocycles. The van der Waals surface area contributed by atoms with Crippen LogP contribution in [0.5, 0.6) is 0 Å². The number of aryl methyl sites for hydroxylation is 1. The van der Waals surface area contributed by atoms with E-state index in [1.807, 2.05) is 7.05 Å². The molecule has 0 radical (unpaired) electrons. The Kier molecular flexibility index (Phi) is 7.76. The van der Waals surface area contributed by atoms with Gasteiger partial charge in [0, 0.05) is 6.61 Å². The Morgan fingerprint density at radius 3 is 2.37 bits per heavy atom. The Labute approximate surface area is 118 Å². The minimum atomic E-state index is 0.296. The van der Waals surface area contributed by atoms with E-state index >= 15 is 0 Å². The number of ether oxygens (including phenoxy) is 1. The predicted octanol–water partition coefficient (Wildman–Crippen LogP) is 3.96. The van der Waals surface area contributed by atoms with Gasteiger partial charge < -0.3 is 10.1 Å². The quantitative estimate of drug-likeness (QED) is 0.681. The van der Waals surface area contributed by atoms with Gasteiger partial charge in [0.1, 0.15) is 0 Å². The largest absolute Gasteiger partial charge is 0.379 e. The van der Waals surface area contributed by atoms with Crippen LogP contribution in [0.4, 0.5) is 0 Å². The Morgan fingerprint density at radius 2 is 1.84 bits per heavy atom. The maximum Gasteiger partial charge on any atom is 0.0661 e. The van der Waals surface area contributed by atoms with Crippen molar-refractivity contribution >= 4 is 0 Å². The van der Waals surface area contributed by atoms with Crippen LogP contribution < -0.4 is 5.32 Å². The number of nitrogens with one attached hydrogen (secondary N) is 1. The molecule has 0 aliphatic rings. The SMILES string of the molecule is CCc1ccc(C(COCCCC(C)C)NC)cc1. The molecule has 1 N–H and O–H groups in total. The summed E-state index contributed by atoms with van der Waals surface area (Å²) < 4.78 is 5.79. The van der Waals surface area contributed by atoms with E-state index in [0.717, 1.165) is 32.0 Å². The van der Waals surface area contributed by atoms with E-state index in [9.17, 15) is 0 Å². The second-order valence-corrected chi connectivity index (χ2v) is 5.55. The van der Waals surface area contributed by atoms with Gasteiger partial charge in [-0.3, -0.25) is 0 Å². The third-order valence-corrected chi connectivity index (χ3v) is 3.49. The molecule has 1 rings (SSSR count). The second kappa shape index (κ2) is 9.11. The van der Waals surface area contributed by atoms with Crippen molar-refractivity contribution in [1.82, 2.24) is 5.32 Å². The molecule has 0 amide bonds. The lowest BCUT2D eigenvalue weighted by Crippen LogP contribution is -2.22. The number of hydrogen-bond donors (Lipinski definition) is 1. The zero-order valence-electron chi connectivity index (χ0n) is 12.9. The molecule has 19 heavy (non-hydrogen) atoms. The number of likely N-dealkylation sites (N-methyl/N-ethyl adjacent to an activating group) is 1. The summed E-state index contributed by atoms with van der Waals surface area (Å²) in [7, 11) is 2.00. The first-order chi connectivity index (χ1) is 9.17. The summed E-state index contributed by atoms with van der Waals surface area (Å²) in [6.45, 7) is 8.31. The van der Waals surface area contributed by atoms with Crippen LogP contribution in [0.25, 0.3) is 0 Å². The van der Waals surface area contributed by atoms with Crippen molar-refractivity contribution < 1.29 is 4.74 Å². The van der Waals surface area contributed by atoms with Gasteiger partial charge in [-0.15, -0.1) is 0 Å². The topological polar surface area (TPSA) is 21.3 Å². The minimum Gasteiger partial charge on any atom is -0.379 e. The fraction of sp³-hybridized carbons (Fsp3) is 0.647. The molecule has 0 spiro atoms. The molecule has 0 aliphatic heterocycles. The van der Waals surface area contributed by atoms with Gasteiger partial charge in [0.05, 0.1) is 12.6 Å². The summed E-state index contributed by atoms with van der Waals surface area (Å²) in [5.74, 6) is 0.769. The Balaban J connectivity index is 2.35. The first-order valence-corrected chi connectivity index (χ1v) is 7.51. The van der Waals surface area contributed by atoms with Crippen molar-refractivity contribution in [1.29, 1.82) is 0 Å². The molecule has 1 unspecified atom stereocenters. The molecule has 0 fully saturated rings. The van der Waals surface area contributed by atoms with Crippen molar-refractivity contribution in [2.45, 2.75) is 46.1 Å². The zero-order chi connectivity index (χ0) is 14.1. The molecule has 1 atom stereocenters. The van der Waals surface area contributed by atoms with Crippen LogP contribution in [-0.2, 0) is 11.2 Å². The molecule has 1 aromatic rings. The lowest BCUT2D eigenvalue weighted by atomic mass is 10.0. The molecular formula is C17H29NO. The summed E-state index contributed by atoms with van der Waals surface area (Å²) >= 11 is 0. The molecule has 0 heterocycles. The van der Waals surface area contributed by atoms with E-state index in [-0.39, 0.29) is 0 Å². The highest BCUT2D eigenvalue weighted by molar-refractivity contribution is 5.25. The second-order valence-electron chi connectivity index (χ2n) is 5.55. The minimum absolute atomic E-state index is 0.296. The summed E-state index contributed by atoms with van der Waals surface area (Å²) in [5, 5.41) is 3.33. The van der Waals surface area contributed by atoms with E-state index < -0.39 is 0 Å². The predicted molar refractivity (Wildman–Crippen MR) is 82.5 cm³/mol. The van der Waals surface area contributed by atoms with Crippen molar-refractivity contribution in [3.63, 3.8) is 0 Å². The normalized spacial score (nSPS) is 12.9. The lowest BCUT2D eigenvalue weighted by molar-refractivity contribution is 0.108. The van der Waals surface area contributed by atoms with E-state index in [1.165, 1.54) is 17.5 Å². The average molecular weight is 263 g/mol. The van der Waals surface area contributed by atoms with Crippen LogP contribution in [0.3, 0.4) is 0 Å². The van der Waals surface area contributed by atoms with Gasteiger partial charge in [0.25, 0.3) is 0 Å². The van der Waals surface area contributed by atoms with Gasteiger partial charge in [-0.1, -0.05) is 45.0 Å². The summed E-state index contributed by atoms with van der Waals surface area (Å²) in [5.41, 5.74) is 2.69. The summed E-state index contributed by atoms with van der Waals surface area (Å²) in [4.78, 5) is 0.